The Kier molecular flexibility index (Phi) is 14.3. The van der Waals surface area contributed by atoms with Crippen molar-refractivity contribution in [1.82, 2.24) is 15.5 Å². The average Bonchev–Trinajstić information content (AvgIpc) is 2.76. The van der Waals surface area contributed by atoms with E-state index in [1.165, 1.54) is 37.0 Å². The molecule has 1 aliphatic rings. The third-order valence-electron chi connectivity index (χ3n) is 5.04. The van der Waals surface area contributed by atoms with Crippen molar-refractivity contribution in [3.05, 3.63) is 29.8 Å². The van der Waals surface area contributed by atoms with E-state index in [2.05, 4.69) is 22.5 Å². The highest BCUT2D eigenvalue weighted by Crippen LogP contribution is 2.20. The largest absolute Gasteiger partial charge is 0.484 e. The second-order valence-electron chi connectivity index (χ2n) is 7.83. The van der Waals surface area contributed by atoms with Crippen molar-refractivity contribution in [2.45, 2.75) is 58.1 Å². The summed E-state index contributed by atoms with van der Waals surface area (Å²) in [6, 6.07) is 7.70. The number of ether oxygens (including phenoxy) is 2. The number of amides is 1. The van der Waals surface area contributed by atoms with E-state index in [9.17, 15) is 4.79 Å². The van der Waals surface area contributed by atoms with Crippen LogP contribution in [0.2, 0.25) is 0 Å². The molecular formula is C23H39IN4O3. The molecule has 0 aromatic heterocycles. The van der Waals surface area contributed by atoms with Crippen molar-refractivity contribution < 1.29 is 14.3 Å². The molecule has 0 saturated heterocycles. The zero-order valence-corrected chi connectivity index (χ0v) is 21.5. The Morgan fingerprint density at radius 2 is 1.97 bits per heavy atom. The fraction of sp³-hybridized carbons (Fsp3) is 0.652. The van der Waals surface area contributed by atoms with Crippen molar-refractivity contribution in [2.24, 2.45) is 4.99 Å². The molecule has 0 aliphatic heterocycles. The van der Waals surface area contributed by atoms with Gasteiger partial charge in [0, 0.05) is 33.8 Å². The first kappa shape index (κ1) is 27.5. The molecule has 1 amide bonds. The molecule has 0 unspecified atom stereocenters. The fourth-order valence-corrected chi connectivity index (χ4v) is 3.28. The van der Waals surface area contributed by atoms with E-state index < -0.39 is 0 Å². The van der Waals surface area contributed by atoms with Crippen LogP contribution in [0.15, 0.2) is 29.3 Å². The summed E-state index contributed by atoms with van der Waals surface area (Å²) in [5.74, 6) is 1.41. The highest BCUT2D eigenvalue weighted by molar-refractivity contribution is 14.0. The number of carbonyl (C=O) groups excluding carboxylic acids is 1. The van der Waals surface area contributed by atoms with Crippen molar-refractivity contribution in [2.75, 3.05) is 40.4 Å². The smallest absolute Gasteiger partial charge is 0.259 e. The molecule has 7 nitrogen and oxygen atoms in total. The maximum Gasteiger partial charge on any atom is 0.259 e. The lowest BCUT2D eigenvalue weighted by Gasteiger charge is -2.22. The molecule has 8 heteroatoms. The molecule has 0 radical (unpaired) electrons. The van der Waals surface area contributed by atoms with Crippen LogP contribution in [0.1, 0.15) is 51.0 Å². The molecule has 1 saturated carbocycles. The molecule has 1 aliphatic carbocycles. The van der Waals surface area contributed by atoms with Crippen molar-refractivity contribution in [3.63, 3.8) is 0 Å². The number of halogens is 1. The number of aliphatic imine (C=N–C) groups is 1. The van der Waals surface area contributed by atoms with E-state index >= 15 is 0 Å². The number of likely N-dealkylation sites (N-methyl/N-ethyl adjacent to an activating group) is 1. The normalized spacial score (nSPS) is 14.5. The number of guanidine groups is 1. The van der Waals surface area contributed by atoms with Crippen LogP contribution in [0.5, 0.6) is 5.75 Å². The van der Waals surface area contributed by atoms with Crippen LogP contribution in [0.25, 0.3) is 0 Å². The van der Waals surface area contributed by atoms with Crippen LogP contribution in [0.3, 0.4) is 0 Å². The van der Waals surface area contributed by atoms with Crippen LogP contribution < -0.4 is 15.4 Å². The van der Waals surface area contributed by atoms with Crippen molar-refractivity contribution in [3.8, 4) is 5.75 Å². The highest BCUT2D eigenvalue weighted by atomic mass is 127. The maximum absolute atomic E-state index is 11.7. The lowest BCUT2D eigenvalue weighted by Crippen LogP contribution is -2.38. The van der Waals surface area contributed by atoms with Crippen molar-refractivity contribution in [1.29, 1.82) is 0 Å². The van der Waals surface area contributed by atoms with E-state index in [-0.39, 0.29) is 36.5 Å². The molecule has 1 fully saturated rings. The van der Waals surface area contributed by atoms with Crippen LogP contribution in [0, 0.1) is 0 Å². The molecule has 0 atom stereocenters. The first-order valence-corrected chi connectivity index (χ1v) is 11.1. The third-order valence-corrected chi connectivity index (χ3v) is 5.04. The van der Waals surface area contributed by atoms with Gasteiger partial charge in [0.15, 0.2) is 12.6 Å². The van der Waals surface area contributed by atoms with Gasteiger partial charge in [-0.2, -0.15) is 0 Å². The van der Waals surface area contributed by atoms with E-state index in [4.69, 9.17) is 9.47 Å². The average molecular weight is 546 g/mol. The Bertz CT molecular complexity index is 664. The quantitative estimate of drug-likeness (QED) is 0.192. The molecule has 2 rings (SSSR count). The number of hydrogen-bond acceptors (Lipinski definition) is 4. The lowest BCUT2D eigenvalue weighted by atomic mass is 9.98. The van der Waals surface area contributed by atoms with Gasteiger partial charge in [0.25, 0.3) is 5.91 Å². The van der Waals surface area contributed by atoms with Gasteiger partial charge in [-0.25, -0.2) is 4.99 Å². The monoisotopic (exact) mass is 546 g/mol. The second kappa shape index (κ2) is 16.1. The zero-order chi connectivity index (χ0) is 21.6. The summed E-state index contributed by atoms with van der Waals surface area (Å²) in [5, 5.41) is 6.65. The lowest BCUT2D eigenvalue weighted by molar-refractivity contribution is -0.130. The maximum atomic E-state index is 11.7. The van der Waals surface area contributed by atoms with Gasteiger partial charge in [0.05, 0.1) is 12.6 Å². The topological polar surface area (TPSA) is 75.2 Å². The summed E-state index contributed by atoms with van der Waals surface area (Å²) in [4.78, 5) is 17.9. The van der Waals surface area contributed by atoms with Gasteiger partial charge >= 0.3 is 0 Å². The van der Waals surface area contributed by atoms with E-state index in [1.54, 1.807) is 14.1 Å². The van der Waals surface area contributed by atoms with Crippen LogP contribution in [-0.2, 0) is 16.1 Å². The van der Waals surface area contributed by atoms with Gasteiger partial charge in [-0.3, -0.25) is 4.79 Å². The van der Waals surface area contributed by atoms with Crippen LogP contribution in [-0.4, -0.2) is 63.3 Å². The van der Waals surface area contributed by atoms with E-state index in [0.717, 1.165) is 37.6 Å². The summed E-state index contributed by atoms with van der Waals surface area (Å²) in [6.07, 6.45) is 7.81. The number of carbonyl (C=O) groups is 1. The fourth-order valence-electron chi connectivity index (χ4n) is 3.28. The number of nitrogens with zero attached hydrogens (tertiary/aromatic N) is 2. The Morgan fingerprint density at radius 3 is 2.68 bits per heavy atom. The molecule has 1 aromatic carbocycles. The first-order valence-electron chi connectivity index (χ1n) is 11.1. The molecule has 176 valence electrons. The Balaban J connectivity index is 0.00000480. The number of nitrogens with one attached hydrogen (secondary N) is 2. The van der Waals surface area contributed by atoms with Gasteiger partial charge in [-0.1, -0.05) is 31.4 Å². The summed E-state index contributed by atoms with van der Waals surface area (Å²) in [7, 11) is 3.43. The molecule has 2 N–H and O–H groups in total. The molecule has 0 bridgehead atoms. The minimum Gasteiger partial charge on any atom is -0.484 e. The summed E-state index contributed by atoms with van der Waals surface area (Å²) < 4.78 is 11.6. The Hall–Kier alpha value is -1.55. The SMILES string of the molecule is CCNC(=NCc1cccc(OCC(=O)N(C)C)c1)NCCCOC1CCCCC1.I. The minimum absolute atomic E-state index is 0. The van der Waals surface area contributed by atoms with Crippen molar-refractivity contribution >= 4 is 35.8 Å². The molecule has 31 heavy (non-hydrogen) atoms. The van der Waals surface area contributed by atoms with E-state index in [0.29, 0.717) is 18.4 Å². The van der Waals surface area contributed by atoms with Gasteiger partial charge < -0.3 is 25.0 Å². The summed E-state index contributed by atoms with van der Waals surface area (Å²) in [6.45, 7) is 5.05. The molecular weight excluding hydrogens is 507 g/mol. The molecule has 1 aromatic rings. The van der Waals surface area contributed by atoms with Crippen LogP contribution in [0.4, 0.5) is 0 Å². The predicted molar refractivity (Wildman–Crippen MR) is 136 cm³/mol. The minimum atomic E-state index is -0.0653. The van der Waals surface area contributed by atoms with Gasteiger partial charge in [0.2, 0.25) is 0 Å². The highest BCUT2D eigenvalue weighted by Gasteiger charge is 2.13. The second-order valence-corrected chi connectivity index (χ2v) is 7.83. The zero-order valence-electron chi connectivity index (χ0n) is 19.2. The third kappa shape index (κ3) is 11.6. The molecule has 0 heterocycles. The Morgan fingerprint density at radius 1 is 1.19 bits per heavy atom. The molecule has 0 spiro atoms. The first-order chi connectivity index (χ1) is 14.6. The van der Waals surface area contributed by atoms with Gasteiger partial charge in [-0.15, -0.1) is 24.0 Å². The van der Waals surface area contributed by atoms with Gasteiger partial charge in [0.1, 0.15) is 5.75 Å². The van der Waals surface area contributed by atoms with E-state index in [1.807, 2.05) is 24.3 Å². The summed E-state index contributed by atoms with van der Waals surface area (Å²) >= 11 is 0. The number of hydrogen-bond donors (Lipinski definition) is 2. The number of rotatable bonds is 11. The van der Waals surface area contributed by atoms with Gasteiger partial charge in [-0.05, 0) is 43.9 Å². The van der Waals surface area contributed by atoms with Crippen LogP contribution >= 0.6 is 24.0 Å². The predicted octanol–water partition coefficient (Wildman–Crippen LogP) is 3.57. The standard InChI is InChI=1S/C23H38N4O3.HI/c1-4-24-23(25-14-9-15-29-20-11-6-5-7-12-20)26-17-19-10-8-13-21(16-19)30-18-22(28)27(2)3;/h8,10,13,16,20H,4-7,9,11-12,14-15,17-18H2,1-3H3,(H2,24,25,26);1H. The summed E-state index contributed by atoms with van der Waals surface area (Å²) in [5.41, 5.74) is 1.03. The number of benzene rings is 1. The Labute approximate surface area is 204 Å².